The molecule has 1 aromatic rings. The number of nitrogens with one attached hydrogen (secondary N) is 1. The van der Waals surface area contributed by atoms with Crippen LogP contribution in [0.15, 0.2) is 16.3 Å². The molecule has 0 saturated carbocycles. The number of aryl methyl sites for hydroxylation is 1. The molecule has 98 valence electrons. The largest absolute Gasteiger partial charge is 0.250 e. The zero-order valence-corrected chi connectivity index (χ0v) is 12.5. The second kappa shape index (κ2) is 6.73. The van der Waals surface area contributed by atoms with Gasteiger partial charge in [0.05, 0.1) is 0 Å². The summed E-state index contributed by atoms with van der Waals surface area (Å²) in [5.74, 6) is 0. The van der Waals surface area contributed by atoms with Crippen molar-refractivity contribution in [2.45, 2.75) is 42.7 Å². The molecule has 1 N–H and O–H groups in total. The topological polar surface area (TPSA) is 46.2 Å². The Kier molecular flexibility index (Phi) is 5.92. The van der Waals surface area contributed by atoms with E-state index in [9.17, 15) is 8.42 Å². The highest BCUT2D eigenvalue weighted by Crippen LogP contribution is 2.21. The van der Waals surface area contributed by atoms with E-state index < -0.39 is 10.0 Å². The third kappa shape index (κ3) is 4.95. The molecule has 0 aliphatic heterocycles. The predicted octanol–water partition coefficient (Wildman–Crippen LogP) is 3.00. The molecule has 1 heterocycles. The van der Waals surface area contributed by atoms with E-state index >= 15 is 0 Å². The second-order valence-corrected chi connectivity index (χ2v) is 7.80. The first-order valence-corrected chi connectivity index (χ1v) is 8.41. The summed E-state index contributed by atoms with van der Waals surface area (Å²) in [6, 6.07) is 3.52. The van der Waals surface area contributed by atoms with Gasteiger partial charge in [0.15, 0.2) is 0 Å². The summed E-state index contributed by atoms with van der Waals surface area (Å²) in [5, 5.41) is 0.0907. The minimum absolute atomic E-state index is 0.0907. The lowest BCUT2D eigenvalue weighted by atomic mass is 10.2. The van der Waals surface area contributed by atoms with E-state index in [1.807, 2.05) is 19.9 Å². The lowest BCUT2D eigenvalue weighted by molar-refractivity contribution is 0.578. The van der Waals surface area contributed by atoms with Gasteiger partial charge in [-0.3, -0.25) is 0 Å². The van der Waals surface area contributed by atoms with Crippen molar-refractivity contribution in [2.75, 3.05) is 6.54 Å². The molecule has 0 spiro atoms. The van der Waals surface area contributed by atoms with Crippen LogP contribution in [0, 0.1) is 0 Å². The Bertz CT molecular complexity index is 440. The molecular formula is C11H18ClNO2S2. The van der Waals surface area contributed by atoms with Crippen molar-refractivity contribution in [2.24, 2.45) is 0 Å². The molecule has 1 aromatic heterocycles. The summed E-state index contributed by atoms with van der Waals surface area (Å²) in [6.07, 6.45) is 2.44. The number of hydrogen-bond acceptors (Lipinski definition) is 3. The van der Waals surface area contributed by atoms with E-state index in [0.717, 1.165) is 24.1 Å². The first-order valence-electron chi connectivity index (χ1n) is 5.68. The quantitative estimate of drug-likeness (QED) is 0.621. The summed E-state index contributed by atoms with van der Waals surface area (Å²) in [7, 11) is -3.32. The van der Waals surface area contributed by atoms with Crippen LogP contribution in [0.4, 0.5) is 0 Å². The Labute approximate surface area is 112 Å². The van der Waals surface area contributed by atoms with Crippen molar-refractivity contribution in [3.63, 3.8) is 0 Å². The Morgan fingerprint density at radius 3 is 2.71 bits per heavy atom. The van der Waals surface area contributed by atoms with Gasteiger partial charge >= 0.3 is 0 Å². The zero-order chi connectivity index (χ0) is 12.9. The van der Waals surface area contributed by atoms with Crippen LogP contribution in [0.2, 0.25) is 0 Å². The molecule has 6 heteroatoms. The normalized spacial score (nSPS) is 13.8. The fourth-order valence-electron chi connectivity index (χ4n) is 1.35. The van der Waals surface area contributed by atoms with Crippen molar-refractivity contribution in [1.82, 2.24) is 4.72 Å². The van der Waals surface area contributed by atoms with E-state index in [-0.39, 0.29) is 5.38 Å². The number of thiophene rings is 1. The molecular weight excluding hydrogens is 278 g/mol. The minimum atomic E-state index is -3.32. The fourth-order valence-corrected chi connectivity index (χ4v) is 3.92. The lowest BCUT2D eigenvalue weighted by Gasteiger charge is -2.05. The third-order valence-corrected chi connectivity index (χ3v) is 5.72. The van der Waals surface area contributed by atoms with Crippen molar-refractivity contribution in [1.29, 1.82) is 0 Å². The maximum Gasteiger partial charge on any atom is 0.250 e. The van der Waals surface area contributed by atoms with Gasteiger partial charge in [-0.05, 0) is 38.3 Å². The van der Waals surface area contributed by atoms with Crippen LogP contribution in [-0.2, 0) is 16.4 Å². The van der Waals surface area contributed by atoms with Crippen LogP contribution in [-0.4, -0.2) is 20.3 Å². The Balaban J connectivity index is 2.51. The fraction of sp³-hybridized carbons (Fsp3) is 0.636. The van der Waals surface area contributed by atoms with Gasteiger partial charge in [-0.15, -0.1) is 22.9 Å². The molecule has 17 heavy (non-hydrogen) atoms. The van der Waals surface area contributed by atoms with Crippen LogP contribution in [0.3, 0.4) is 0 Å². The van der Waals surface area contributed by atoms with Crippen LogP contribution < -0.4 is 4.72 Å². The van der Waals surface area contributed by atoms with E-state index in [4.69, 9.17) is 11.6 Å². The van der Waals surface area contributed by atoms with E-state index in [1.165, 1.54) is 11.3 Å². The lowest BCUT2D eigenvalue weighted by Crippen LogP contribution is -2.24. The monoisotopic (exact) mass is 295 g/mol. The number of hydrogen-bond donors (Lipinski definition) is 1. The molecule has 3 nitrogen and oxygen atoms in total. The average Bonchev–Trinajstić information content (AvgIpc) is 2.73. The van der Waals surface area contributed by atoms with Gasteiger partial charge in [-0.1, -0.05) is 6.92 Å². The Morgan fingerprint density at radius 1 is 1.47 bits per heavy atom. The maximum atomic E-state index is 11.9. The maximum absolute atomic E-state index is 11.9. The zero-order valence-electron chi connectivity index (χ0n) is 10.1. The highest BCUT2D eigenvalue weighted by atomic mass is 35.5. The van der Waals surface area contributed by atoms with Crippen molar-refractivity contribution < 1.29 is 8.42 Å². The van der Waals surface area contributed by atoms with Gasteiger partial charge in [-0.2, -0.15) is 0 Å². The van der Waals surface area contributed by atoms with Crippen LogP contribution in [0.1, 0.15) is 31.6 Å². The molecule has 0 aromatic carbocycles. The summed E-state index contributed by atoms with van der Waals surface area (Å²) in [4.78, 5) is 1.08. The van der Waals surface area contributed by atoms with Gasteiger partial charge in [0.1, 0.15) is 4.21 Å². The Morgan fingerprint density at radius 2 is 2.18 bits per heavy atom. The first-order chi connectivity index (χ1) is 7.95. The number of alkyl halides is 1. The van der Waals surface area contributed by atoms with E-state index in [0.29, 0.717) is 10.8 Å². The first kappa shape index (κ1) is 15.0. The molecule has 0 radical (unpaired) electrons. The number of rotatable bonds is 7. The molecule has 1 unspecified atom stereocenters. The van der Waals surface area contributed by atoms with Crippen LogP contribution in [0.5, 0.6) is 0 Å². The highest BCUT2D eigenvalue weighted by molar-refractivity contribution is 7.91. The van der Waals surface area contributed by atoms with Gasteiger partial charge in [0, 0.05) is 16.8 Å². The summed E-state index contributed by atoms with van der Waals surface area (Å²) in [6.45, 7) is 4.36. The van der Waals surface area contributed by atoms with Gasteiger partial charge in [0.25, 0.3) is 0 Å². The average molecular weight is 296 g/mol. The smallest absolute Gasteiger partial charge is 0.210 e. The van der Waals surface area contributed by atoms with Crippen LogP contribution in [0.25, 0.3) is 0 Å². The summed E-state index contributed by atoms with van der Waals surface area (Å²) in [5.41, 5.74) is 0. The van der Waals surface area contributed by atoms with Crippen LogP contribution >= 0.6 is 22.9 Å². The van der Waals surface area contributed by atoms with Crippen molar-refractivity contribution in [3.8, 4) is 0 Å². The molecule has 0 amide bonds. The molecule has 0 saturated heterocycles. The minimum Gasteiger partial charge on any atom is -0.210 e. The third-order valence-electron chi connectivity index (χ3n) is 2.32. The van der Waals surface area contributed by atoms with Crippen molar-refractivity contribution >= 4 is 33.0 Å². The molecule has 1 rings (SSSR count). The molecule has 0 aliphatic rings. The predicted molar refractivity (Wildman–Crippen MR) is 73.4 cm³/mol. The SMILES string of the molecule is CCc1ccc(S(=O)(=O)NCCCC(C)Cl)s1. The standard InChI is InChI=1S/C11H18ClNO2S2/c1-3-10-6-7-11(16-10)17(14,15)13-8-4-5-9(2)12/h6-7,9,13H,3-5,8H2,1-2H3. The summed E-state index contributed by atoms with van der Waals surface area (Å²) >= 11 is 7.12. The highest BCUT2D eigenvalue weighted by Gasteiger charge is 2.15. The van der Waals surface area contributed by atoms with E-state index in [1.54, 1.807) is 6.07 Å². The molecule has 0 aliphatic carbocycles. The second-order valence-electron chi connectivity index (χ2n) is 3.90. The summed E-state index contributed by atoms with van der Waals surface area (Å²) < 4.78 is 26.7. The van der Waals surface area contributed by atoms with E-state index in [2.05, 4.69) is 4.72 Å². The molecule has 0 bridgehead atoms. The van der Waals surface area contributed by atoms with Gasteiger partial charge < -0.3 is 0 Å². The molecule has 0 fully saturated rings. The van der Waals surface area contributed by atoms with Crippen molar-refractivity contribution in [3.05, 3.63) is 17.0 Å². The Hall–Kier alpha value is -0.100. The molecule has 1 atom stereocenters. The van der Waals surface area contributed by atoms with Gasteiger partial charge in [-0.25, -0.2) is 13.1 Å². The number of halogens is 1. The number of sulfonamides is 1. The van der Waals surface area contributed by atoms with Gasteiger partial charge in [0.2, 0.25) is 10.0 Å².